The van der Waals surface area contributed by atoms with Gasteiger partial charge in [0.2, 0.25) is 0 Å². The van der Waals surface area contributed by atoms with E-state index in [1.165, 1.54) is 31.2 Å². The van der Waals surface area contributed by atoms with Crippen molar-refractivity contribution in [2.45, 2.75) is 81.6 Å². The zero-order valence-electron chi connectivity index (χ0n) is 27.9. The topological polar surface area (TPSA) is 95.9 Å². The van der Waals surface area contributed by atoms with E-state index in [1.807, 2.05) is 18.7 Å². The molecular weight excluding hydrogens is 667 g/mol. The molecule has 1 aliphatic rings. The third kappa shape index (κ3) is 9.37. The first-order valence-corrected chi connectivity index (χ1v) is 17.9. The summed E-state index contributed by atoms with van der Waals surface area (Å²) in [6.45, 7) is 6.43. The van der Waals surface area contributed by atoms with Crippen molar-refractivity contribution < 1.29 is 45.0 Å². The first kappa shape index (κ1) is 38.3. The molecule has 0 spiro atoms. The molecule has 3 aromatic rings. The SMILES string of the molecule is CCC(F)(F)OC[C@@H]1CC(c2ccc(C(F)(F)F)cc2)CN1c1ccc(C(=O)NC(C)C(C)[C@@H](CO)c2ccc(S(=O)(=O)CC)cc2)cc1. The maximum Gasteiger partial charge on any atom is 0.416 e. The van der Waals surface area contributed by atoms with E-state index >= 15 is 0 Å². The van der Waals surface area contributed by atoms with Crippen LogP contribution in [0, 0.1) is 5.92 Å². The number of ether oxygens (including phenoxy) is 1. The number of nitrogens with one attached hydrogen (secondary N) is 1. The Hall–Kier alpha value is -3.55. The minimum absolute atomic E-state index is 0.0234. The van der Waals surface area contributed by atoms with Crippen LogP contribution in [0.15, 0.2) is 77.7 Å². The van der Waals surface area contributed by atoms with Crippen LogP contribution in [-0.4, -0.2) is 63.1 Å². The third-order valence-electron chi connectivity index (χ3n) is 9.51. The average Bonchev–Trinajstić information content (AvgIpc) is 3.52. The maximum atomic E-state index is 14.0. The van der Waals surface area contributed by atoms with Crippen LogP contribution < -0.4 is 10.2 Å². The number of aliphatic hydroxyl groups excluding tert-OH is 1. The lowest BCUT2D eigenvalue weighted by molar-refractivity contribution is -0.241. The molecule has 1 fully saturated rings. The van der Waals surface area contributed by atoms with Gasteiger partial charge in [0.15, 0.2) is 9.84 Å². The van der Waals surface area contributed by atoms with Gasteiger partial charge in [0.1, 0.15) is 0 Å². The molecule has 3 aromatic carbocycles. The summed E-state index contributed by atoms with van der Waals surface area (Å²) in [7, 11) is -3.37. The fraction of sp³-hybridized carbons (Fsp3) is 0.472. The van der Waals surface area contributed by atoms with Gasteiger partial charge in [-0.1, -0.05) is 45.0 Å². The van der Waals surface area contributed by atoms with Crippen molar-refractivity contribution in [3.63, 3.8) is 0 Å². The van der Waals surface area contributed by atoms with Crippen LogP contribution in [0.25, 0.3) is 0 Å². The molecule has 268 valence electrons. The molecule has 0 bridgehead atoms. The first-order valence-electron chi connectivity index (χ1n) is 16.3. The van der Waals surface area contributed by atoms with Crippen molar-refractivity contribution in [1.82, 2.24) is 5.32 Å². The molecule has 7 nitrogen and oxygen atoms in total. The fourth-order valence-electron chi connectivity index (χ4n) is 6.14. The minimum Gasteiger partial charge on any atom is -0.396 e. The molecule has 2 N–H and O–H groups in total. The van der Waals surface area contributed by atoms with E-state index in [1.54, 1.807) is 43.3 Å². The lowest BCUT2D eigenvalue weighted by Crippen LogP contribution is -2.40. The Bertz CT molecular complexity index is 1650. The highest BCUT2D eigenvalue weighted by Crippen LogP contribution is 2.38. The zero-order chi connectivity index (χ0) is 36.1. The molecule has 5 atom stereocenters. The summed E-state index contributed by atoms with van der Waals surface area (Å²) in [6.07, 6.45) is -7.91. The van der Waals surface area contributed by atoms with Gasteiger partial charge in [0.25, 0.3) is 5.91 Å². The summed E-state index contributed by atoms with van der Waals surface area (Å²) in [5.41, 5.74) is 1.63. The second-order valence-corrected chi connectivity index (χ2v) is 14.9. The summed E-state index contributed by atoms with van der Waals surface area (Å²) in [5, 5.41) is 13.1. The van der Waals surface area contributed by atoms with E-state index in [4.69, 9.17) is 4.74 Å². The van der Waals surface area contributed by atoms with Crippen LogP contribution in [0.2, 0.25) is 0 Å². The number of anilines is 1. The lowest BCUT2D eigenvalue weighted by atomic mass is 9.83. The number of aliphatic hydroxyl groups is 1. The molecule has 1 aliphatic heterocycles. The van der Waals surface area contributed by atoms with Crippen molar-refractivity contribution in [2.75, 3.05) is 30.4 Å². The molecule has 0 radical (unpaired) electrons. The van der Waals surface area contributed by atoms with E-state index in [0.717, 1.165) is 17.7 Å². The van der Waals surface area contributed by atoms with Gasteiger partial charge in [-0.3, -0.25) is 4.79 Å². The Morgan fingerprint density at radius 1 is 0.959 bits per heavy atom. The van der Waals surface area contributed by atoms with Gasteiger partial charge in [0, 0.05) is 42.1 Å². The molecule has 3 unspecified atom stereocenters. The van der Waals surface area contributed by atoms with Crippen LogP contribution in [0.1, 0.15) is 79.4 Å². The number of alkyl halides is 5. The maximum absolute atomic E-state index is 14.0. The van der Waals surface area contributed by atoms with E-state index in [2.05, 4.69) is 5.32 Å². The Kier molecular flexibility index (Phi) is 12.1. The zero-order valence-corrected chi connectivity index (χ0v) is 28.7. The van der Waals surface area contributed by atoms with E-state index in [0.29, 0.717) is 29.8 Å². The van der Waals surface area contributed by atoms with E-state index in [9.17, 15) is 40.3 Å². The highest BCUT2D eigenvalue weighted by molar-refractivity contribution is 7.91. The molecule has 0 aliphatic carbocycles. The predicted octanol–water partition coefficient (Wildman–Crippen LogP) is 7.41. The van der Waals surface area contributed by atoms with Crippen LogP contribution in [0.4, 0.5) is 27.6 Å². The van der Waals surface area contributed by atoms with Gasteiger partial charge in [0.05, 0.1) is 35.5 Å². The molecule has 4 rings (SSSR count). The summed E-state index contributed by atoms with van der Waals surface area (Å²) < 4.78 is 96.7. The molecule has 49 heavy (non-hydrogen) atoms. The Balaban J connectivity index is 1.46. The molecule has 1 amide bonds. The summed E-state index contributed by atoms with van der Waals surface area (Å²) in [6, 6.07) is 17.0. The number of hydrogen-bond donors (Lipinski definition) is 2. The van der Waals surface area contributed by atoms with Gasteiger partial charge < -0.3 is 20.1 Å². The number of amides is 1. The third-order valence-corrected chi connectivity index (χ3v) is 11.3. The fourth-order valence-corrected chi connectivity index (χ4v) is 7.02. The van der Waals surface area contributed by atoms with Crippen LogP contribution >= 0.6 is 0 Å². The van der Waals surface area contributed by atoms with Crippen molar-refractivity contribution >= 4 is 21.4 Å². The van der Waals surface area contributed by atoms with Crippen LogP contribution in [0.3, 0.4) is 0 Å². The smallest absolute Gasteiger partial charge is 0.396 e. The van der Waals surface area contributed by atoms with E-state index in [-0.39, 0.29) is 53.6 Å². The quantitative estimate of drug-likeness (QED) is 0.169. The molecule has 1 saturated heterocycles. The average molecular weight is 711 g/mol. The molecule has 0 aromatic heterocycles. The second-order valence-electron chi connectivity index (χ2n) is 12.6. The summed E-state index contributed by atoms with van der Waals surface area (Å²) in [5.74, 6) is -1.22. The van der Waals surface area contributed by atoms with Crippen molar-refractivity contribution in [1.29, 1.82) is 0 Å². The number of nitrogens with zero attached hydrogens (tertiary/aromatic N) is 1. The number of rotatable bonds is 14. The largest absolute Gasteiger partial charge is 0.416 e. The van der Waals surface area contributed by atoms with Gasteiger partial charge in [-0.2, -0.15) is 22.0 Å². The minimum atomic E-state index is -4.47. The van der Waals surface area contributed by atoms with Gasteiger partial charge >= 0.3 is 12.3 Å². The number of sulfone groups is 1. The number of hydrogen-bond acceptors (Lipinski definition) is 6. The molecule has 0 saturated carbocycles. The Morgan fingerprint density at radius 3 is 2.10 bits per heavy atom. The molecular formula is C36H43F5N2O5S. The second kappa shape index (κ2) is 15.6. The van der Waals surface area contributed by atoms with Gasteiger partial charge in [-0.25, -0.2) is 8.42 Å². The number of carbonyl (C=O) groups excluding carboxylic acids is 1. The van der Waals surface area contributed by atoms with Crippen LogP contribution in [-0.2, 0) is 20.8 Å². The standard InChI is InChI=1S/C36H43F5N2O5S/c1-5-35(37,38)48-22-31-19-28(25-7-13-29(14-8-25)36(39,40)41)20-43(31)30-15-9-27(10-16-30)34(45)42-24(4)23(3)33(21-44)26-11-17-32(18-12-26)49(46,47)6-2/h7-18,23-24,28,31,33,44H,5-6,19-22H2,1-4H3,(H,42,45)/t23?,24?,28?,31-,33+/m0/s1. The first-order chi connectivity index (χ1) is 23.0. The molecule has 1 heterocycles. The van der Waals surface area contributed by atoms with Crippen molar-refractivity contribution in [2.24, 2.45) is 5.92 Å². The lowest BCUT2D eigenvalue weighted by Gasteiger charge is -2.29. The summed E-state index contributed by atoms with van der Waals surface area (Å²) >= 11 is 0. The number of benzene rings is 3. The van der Waals surface area contributed by atoms with Crippen LogP contribution in [0.5, 0.6) is 0 Å². The summed E-state index contributed by atoms with van der Waals surface area (Å²) in [4.78, 5) is 15.3. The number of halogens is 5. The van der Waals surface area contributed by atoms with Gasteiger partial charge in [-0.05, 0) is 78.9 Å². The van der Waals surface area contributed by atoms with Crippen molar-refractivity contribution in [3.8, 4) is 0 Å². The Morgan fingerprint density at radius 2 is 1.57 bits per heavy atom. The highest BCUT2D eigenvalue weighted by atomic mass is 32.2. The monoisotopic (exact) mass is 710 g/mol. The molecule has 13 heteroatoms. The van der Waals surface area contributed by atoms with Crippen molar-refractivity contribution in [3.05, 3.63) is 95.1 Å². The van der Waals surface area contributed by atoms with E-state index < -0.39 is 40.1 Å². The normalized spacial score (nSPS) is 19.0. The Labute approximate surface area is 284 Å². The highest BCUT2D eigenvalue weighted by Gasteiger charge is 2.37. The number of carbonyl (C=O) groups is 1. The predicted molar refractivity (Wildman–Crippen MR) is 178 cm³/mol. The van der Waals surface area contributed by atoms with Gasteiger partial charge in [-0.15, -0.1) is 0 Å².